The zero-order valence-electron chi connectivity index (χ0n) is 18.0. The topological polar surface area (TPSA) is 107 Å². The summed E-state index contributed by atoms with van der Waals surface area (Å²) in [6.45, 7) is 5.49. The van der Waals surface area contributed by atoms with Crippen LogP contribution in [0, 0.1) is 0 Å². The fourth-order valence-corrected chi connectivity index (χ4v) is 9.06. The van der Waals surface area contributed by atoms with Crippen LogP contribution in [0.1, 0.15) is 24.7 Å². The highest BCUT2D eigenvalue weighted by Crippen LogP contribution is 2.67. The quantitative estimate of drug-likeness (QED) is 0.681. The normalized spacial score (nSPS) is 23.5. The first kappa shape index (κ1) is 22.9. The number of hydrogen-bond donors (Lipinski definition) is 2. The first-order valence-corrected chi connectivity index (χ1v) is 13.7. The van der Waals surface area contributed by atoms with Gasteiger partial charge in [0.1, 0.15) is 5.25 Å². The van der Waals surface area contributed by atoms with Gasteiger partial charge in [0.05, 0.1) is 21.6 Å². The number of fused-ring (bicyclic) bond motifs is 1. The first-order valence-electron chi connectivity index (χ1n) is 10.5. The van der Waals surface area contributed by atoms with Gasteiger partial charge >= 0.3 is 6.09 Å². The van der Waals surface area contributed by atoms with Gasteiger partial charge < -0.3 is 14.5 Å². The van der Waals surface area contributed by atoms with Gasteiger partial charge in [0.15, 0.2) is 9.84 Å². The molecular weight excluding hydrogens is 452 g/mol. The Kier molecular flexibility index (Phi) is 6.15. The molecule has 2 aliphatic heterocycles. The largest absolute Gasteiger partial charge is 0.450 e. The molecule has 174 valence electrons. The van der Waals surface area contributed by atoms with Crippen molar-refractivity contribution in [1.29, 1.82) is 0 Å². The summed E-state index contributed by atoms with van der Waals surface area (Å²) in [5.41, 5.74) is 1.12. The molecule has 10 heteroatoms. The molecule has 4 rings (SSSR count). The van der Waals surface area contributed by atoms with E-state index in [1.54, 1.807) is 49.1 Å². The van der Waals surface area contributed by atoms with E-state index < -0.39 is 30.9 Å². The highest BCUT2D eigenvalue weighted by atomic mass is 32.3. The van der Waals surface area contributed by atoms with Crippen LogP contribution < -0.4 is 4.90 Å². The molecule has 2 heterocycles. The van der Waals surface area contributed by atoms with E-state index in [-0.39, 0.29) is 11.0 Å². The molecule has 1 fully saturated rings. The Morgan fingerprint density at radius 1 is 1.06 bits per heavy atom. The van der Waals surface area contributed by atoms with Gasteiger partial charge in [0.25, 0.3) is 0 Å². The van der Waals surface area contributed by atoms with E-state index in [2.05, 4.69) is 0 Å². The van der Waals surface area contributed by atoms with E-state index in [9.17, 15) is 22.3 Å². The Hall–Kier alpha value is -2.27. The second kappa shape index (κ2) is 8.58. The predicted molar refractivity (Wildman–Crippen MR) is 124 cm³/mol. The minimum atomic E-state index is -3.88. The van der Waals surface area contributed by atoms with Crippen LogP contribution in [0.4, 0.5) is 10.5 Å². The van der Waals surface area contributed by atoms with E-state index in [0.717, 1.165) is 0 Å². The van der Waals surface area contributed by atoms with Crippen LogP contribution in [0.5, 0.6) is 0 Å². The highest BCUT2D eigenvalue weighted by molar-refractivity contribution is 8.25. The van der Waals surface area contributed by atoms with Crippen LogP contribution in [-0.4, -0.2) is 66.6 Å². The standard InChI is InChI=1S/C22H28N2O6S2/c1-3-30-22(25)24-14-12-23(13-15-24)18-10-7-11-19-20(18)21(16(2)31(19,26)27)32(28,29)17-8-5-4-6-9-17/h4-11,16,21,26-27H,3,12-15H2,1-2H3. The number of anilines is 1. The lowest BCUT2D eigenvalue weighted by Crippen LogP contribution is -2.49. The van der Waals surface area contributed by atoms with E-state index in [1.165, 1.54) is 12.1 Å². The predicted octanol–water partition coefficient (Wildman–Crippen LogP) is 3.99. The van der Waals surface area contributed by atoms with Gasteiger partial charge in [-0.3, -0.25) is 9.11 Å². The van der Waals surface area contributed by atoms with Crippen LogP contribution in [-0.2, 0) is 14.6 Å². The maximum absolute atomic E-state index is 13.6. The van der Waals surface area contributed by atoms with E-state index in [0.29, 0.717) is 48.9 Å². The van der Waals surface area contributed by atoms with Crippen LogP contribution in [0.3, 0.4) is 0 Å². The first-order chi connectivity index (χ1) is 15.2. The summed E-state index contributed by atoms with van der Waals surface area (Å²) in [6, 6.07) is 13.3. The monoisotopic (exact) mass is 480 g/mol. The van der Waals surface area contributed by atoms with Gasteiger partial charge in [-0.05, 0) is 38.1 Å². The van der Waals surface area contributed by atoms with Crippen LogP contribution in [0.25, 0.3) is 0 Å². The molecule has 2 aromatic rings. The summed E-state index contributed by atoms with van der Waals surface area (Å²) in [6.07, 6.45) is -0.363. The number of amides is 1. The number of ether oxygens (including phenoxy) is 1. The van der Waals surface area contributed by atoms with E-state index in [1.807, 2.05) is 11.0 Å². The molecule has 2 aliphatic rings. The Morgan fingerprint density at radius 2 is 1.72 bits per heavy atom. The third-order valence-corrected chi connectivity index (χ3v) is 10.9. The summed E-state index contributed by atoms with van der Waals surface area (Å²) in [5.74, 6) is 0. The van der Waals surface area contributed by atoms with Gasteiger partial charge in [-0.15, -0.1) is 0 Å². The third-order valence-electron chi connectivity index (χ3n) is 6.15. The number of nitrogens with zero attached hydrogens (tertiary/aromatic N) is 2. The molecule has 2 aromatic carbocycles. The summed E-state index contributed by atoms with van der Waals surface area (Å²) >= 11 is 0. The number of sulfone groups is 1. The molecule has 2 unspecified atom stereocenters. The van der Waals surface area contributed by atoms with Crippen LogP contribution in [0.2, 0.25) is 0 Å². The van der Waals surface area contributed by atoms with Gasteiger partial charge in [-0.25, -0.2) is 13.2 Å². The smallest absolute Gasteiger partial charge is 0.409 e. The number of piperazine rings is 1. The fraction of sp³-hybridized carbons (Fsp3) is 0.409. The highest BCUT2D eigenvalue weighted by Gasteiger charge is 2.51. The Bertz CT molecular complexity index is 1100. The van der Waals surface area contributed by atoms with Gasteiger partial charge in [-0.1, -0.05) is 24.3 Å². The van der Waals surface area contributed by atoms with Gasteiger partial charge in [-0.2, -0.15) is 10.6 Å². The summed E-state index contributed by atoms with van der Waals surface area (Å²) < 4.78 is 54.3. The molecule has 1 amide bonds. The van der Waals surface area contributed by atoms with Crippen LogP contribution >= 0.6 is 10.6 Å². The number of rotatable bonds is 4. The molecule has 0 aromatic heterocycles. The Morgan fingerprint density at radius 3 is 2.34 bits per heavy atom. The SMILES string of the molecule is CCOC(=O)N1CCN(c2cccc3c2C(S(=O)(=O)c2ccccc2)C(C)S3(O)O)CC1. The van der Waals surface area contributed by atoms with Crippen molar-refractivity contribution in [2.75, 3.05) is 37.7 Å². The number of hydrogen-bond acceptors (Lipinski definition) is 7. The number of carbonyl (C=O) groups excluding carboxylic acids is 1. The summed E-state index contributed by atoms with van der Waals surface area (Å²) in [7, 11) is -7.18. The van der Waals surface area contributed by atoms with Crippen molar-refractivity contribution in [3.05, 3.63) is 54.1 Å². The lowest BCUT2D eigenvalue weighted by atomic mass is 10.1. The van der Waals surface area contributed by atoms with Crippen molar-refractivity contribution in [3.63, 3.8) is 0 Å². The van der Waals surface area contributed by atoms with Gasteiger partial charge in [0.2, 0.25) is 0 Å². The van der Waals surface area contributed by atoms with E-state index in [4.69, 9.17) is 4.74 Å². The van der Waals surface area contributed by atoms with Crippen molar-refractivity contribution in [1.82, 2.24) is 4.90 Å². The van der Waals surface area contributed by atoms with Crippen molar-refractivity contribution in [2.24, 2.45) is 0 Å². The molecule has 2 N–H and O–H groups in total. The van der Waals surface area contributed by atoms with Crippen molar-refractivity contribution in [2.45, 2.75) is 34.1 Å². The average molecular weight is 481 g/mol. The number of carbonyl (C=O) groups is 1. The third kappa shape index (κ3) is 3.75. The average Bonchev–Trinajstić information content (AvgIpc) is 3.00. The van der Waals surface area contributed by atoms with Crippen molar-refractivity contribution in [3.8, 4) is 0 Å². The molecular formula is C22H28N2O6S2. The summed E-state index contributed by atoms with van der Waals surface area (Å²) in [5, 5.41) is -1.96. The Labute approximate surface area is 190 Å². The lowest BCUT2D eigenvalue weighted by molar-refractivity contribution is 0.105. The van der Waals surface area contributed by atoms with Crippen molar-refractivity contribution < 1.29 is 27.1 Å². The van der Waals surface area contributed by atoms with Crippen molar-refractivity contribution >= 4 is 32.2 Å². The minimum absolute atomic E-state index is 0.154. The molecule has 0 radical (unpaired) electrons. The maximum Gasteiger partial charge on any atom is 0.409 e. The molecule has 0 bridgehead atoms. The summed E-state index contributed by atoms with van der Waals surface area (Å²) in [4.78, 5) is 16.1. The molecule has 0 spiro atoms. The number of benzene rings is 2. The zero-order chi connectivity index (χ0) is 23.1. The molecule has 2 atom stereocenters. The molecule has 32 heavy (non-hydrogen) atoms. The fourth-order valence-electron chi connectivity index (χ4n) is 4.47. The second-order valence-corrected chi connectivity index (χ2v) is 12.4. The second-order valence-electron chi connectivity index (χ2n) is 7.94. The van der Waals surface area contributed by atoms with E-state index >= 15 is 0 Å². The molecule has 1 saturated heterocycles. The molecule has 0 saturated carbocycles. The zero-order valence-corrected chi connectivity index (χ0v) is 19.7. The molecule has 0 aliphatic carbocycles. The van der Waals surface area contributed by atoms with Gasteiger partial charge in [0, 0.05) is 37.4 Å². The molecule has 8 nitrogen and oxygen atoms in total. The maximum atomic E-state index is 13.6. The lowest BCUT2D eigenvalue weighted by Gasteiger charge is -2.37. The Balaban J connectivity index is 1.74. The van der Waals surface area contributed by atoms with Crippen LogP contribution in [0.15, 0.2) is 58.3 Å². The minimum Gasteiger partial charge on any atom is -0.450 e.